The van der Waals surface area contributed by atoms with Crippen molar-refractivity contribution in [2.75, 3.05) is 30.7 Å². The quantitative estimate of drug-likeness (QED) is 0.295. The van der Waals surface area contributed by atoms with Gasteiger partial charge in [0.25, 0.3) is 5.69 Å². The van der Waals surface area contributed by atoms with Crippen molar-refractivity contribution in [3.05, 3.63) is 28.3 Å². The van der Waals surface area contributed by atoms with Crippen LogP contribution in [0.2, 0.25) is 0 Å². The molecule has 0 spiro atoms. The standard InChI is InChI=1S/C10H15N3O2.C6H12N2O.C6H14/c1-7(2)6-12-10-4-3-8(13(14)15)5-9(10)11;7-6(9)5-2-1-3-8-4-5;1-4-5-6(2)3/h3-5,7,12H,6,11H2,1-2H3;5,8H,1-4H2,(H2,7,9);6H,4-5H2,1-3H3. The first-order chi connectivity index (χ1) is 14.1. The number of nitrogens with two attached hydrogens (primary N) is 2. The van der Waals surface area contributed by atoms with Gasteiger partial charge in [-0.2, -0.15) is 0 Å². The summed E-state index contributed by atoms with van der Waals surface area (Å²) in [4.78, 5) is 20.5. The zero-order chi connectivity index (χ0) is 23.1. The summed E-state index contributed by atoms with van der Waals surface area (Å²) in [6.45, 7) is 13.5. The molecule has 0 aliphatic carbocycles. The average molecular weight is 424 g/mol. The van der Waals surface area contributed by atoms with Gasteiger partial charge in [0.05, 0.1) is 22.2 Å². The number of nitro benzene ring substituents is 1. The fraction of sp³-hybridized carbons (Fsp3) is 0.682. The maximum atomic E-state index is 10.5. The van der Waals surface area contributed by atoms with E-state index < -0.39 is 4.92 Å². The second-order valence-electron chi connectivity index (χ2n) is 8.43. The Kier molecular flexibility index (Phi) is 14.3. The summed E-state index contributed by atoms with van der Waals surface area (Å²) in [5.74, 6) is 1.32. The molecule has 1 unspecified atom stereocenters. The number of amides is 1. The van der Waals surface area contributed by atoms with E-state index in [2.05, 4.69) is 45.3 Å². The number of piperidine rings is 1. The summed E-state index contributed by atoms with van der Waals surface area (Å²) in [5, 5.41) is 16.7. The van der Waals surface area contributed by atoms with Gasteiger partial charge in [-0.25, -0.2) is 0 Å². The molecular formula is C22H41N5O3. The van der Waals surface area contributed by atoms with Gasteiger partial charge in [0, 0.05) is 25.2 Å². The van der Waals surface area contributed by atoms with Gasteiger partial charge in [-0.3, -0.25) is 14.9 Å². The third-order valence-electron chi connectivity index (χ3n) is 4.51. The molecule has 1 aliphatic rings. The zero-order valence-corrected chi connectivity index (χ0v) is 19.2. The Morgan fingerprint density at radius 1 is 1.30 bits per heavy atom. The van der Waals surface area contributed by atoms with Gasteiger partial charge >= 0.3 is 0 Å². The molecule has 30 heavy (non-hydrogen) atoms. The first-order valence-electron chi connectivity index (χ1n) is 10.9. The Hall–Kier alpha value is -2.35. The molecule has 1 saturated heterocycles. The smallest absolute Gasteiger partial charge is 0.271 e. The minimum atomic E-state index is -0.456. The number of primary amides is 1. The summed E-state index contributed by atoms with van der Waals surface area (Å²) in [6.07, 6.45) is 4.74. The van der Waals surface area contributed by atoms with E-state index in [4.69, 9.17) is 11.5 Å². The number of anilines is 2. The van der Waals surface area contributed by atoms with Crippen molar-refractivity contribution in [3.63, 3.8) is 0 Å². The Balaban J connectivity index is 0.000000475. The monoisotopic (exact) mass is 423 g/mol. The number of hydrogen-bond donors (Lipinski definition) is 4. The van der Waals surface area contributed by atoms with Crippen LogP contribution in [0.25, 0.3) is 0 Å². The first-order valence-corrected chi connectivity index (χ1v) is 10.9. The van der Waals surface area contributed by atoms with E-state index in [-0.39, 0.29) is 17.5 Å². The van der Waals surface area contributed by atoms with Gasteiger partial charge in [-0.15, -0.1) is 0 Å². The number of carbonyl (C=O) groups excluding carboxylic acids is 1. The number of nitrogens with one attached hydrogen (secondary N) is 2. The molecule has 6 N–H and O–H groups in total. The molecule has 1 amide bonds. The Morgan fingerprint density at radius 2 is 1.97 bits per heavy atom. The molecule has 1 heterocycles. The molecule has 8 heteroatoms. The van der Waals surface area contributed by atoms with E-state index in [1.165, 1.54) is 25.0 Å². The molecule has 8 nitrogen and oxygen atoms in total. The van der Waals surface area contributed by atoms with Gasteiger partial charge in [-0.1, -0.05) is 47.5 Å². The van der Waals surface area contributed by atoms with Crippen LogP contribution in [0.3, 0.4) is 0 Å². The highest BCUT2D eigenvalue weighted by Crippen LogP contribution is 2.24. The number of benzene rings is 1. The van der Waals surface area contributed by atoms with Crippen LogP contribution < -0.4 is 22.1 Å². The highest BCUT2D eigenvalue weighted by Gasteiger charge is 2.17. The Labute approximate surface area is 181 Å². The SMILES string of the molecule is CC(C)CNc1ccc([N+](=O)[O-])cc1N.CCCC(C)C.NC(=O)C1CCCNC1. The van der Waals surface area contributed by atoms with Crippen LogP contribution in [0, 0.1) is 27.9 Å². The lowest BCUT2D eigenvalue weighted by Gasteiger charge is -2.18. The summed E-state index contributed by atoms with van der Waals surface area (Å²) >= 11 is 0. The molecule has 1 aliphatic heterocycles. The first kappa shape index (κ1) is 27.6. The predicted molar refractivity (Wildman–Crippen MR) is 125 cm³/mol. The fourth-order valence-electron chi connectivity index (χ4n) is 2.81. The summed E-state index contributed by atoms with van der Waals surface area (Å²) < 4.78 is 0. The fourth-order valence-corrected chi connectivity index (χ4v) is 2.81. The number of carbonyl (C=O) groups is 1. The van der Waals surface area contributed by atoms with Crippen molar-refractivity contribution >= 4 is 23.0 Å². The number of rotatable bonds is 7. The second kappa shape index (κ2) is 15.5. The number of nitro groups is 1. The molecule has 1 atom stereocenters. The van der Waals surface area contributed by atoms with Gasteiger partial charge in [0.15, 0.2) is 0 Å². The third kappa shape index (κ3) is 13.0. The van der Waals surface area contributed by atoms with Crippen LogP contribution in [0.15, 0.2) is 18.2 Å². The topological polar surface area (TPSA) is 136 Å². The summed E-state index contributed by atoms with van der Waals surface area (Å²) in [5.41, 5.74) is 11.9. The molecule has 1 aromatic carbocycles. The largest absolute Gasteiger partial charge is 0.397 e. The average Bonchev–Trinajstić information content (AvgIpc) is 2.68. The number of non-ortho nitro benzene ring substituents is 1. The Bertz CT molecular complexity index is 629. The van der Waals surface area contributed by atoms with Crippen LogP contribution in [0.1, 0.15) is 60.3 Å². The lowest BCUT2D eigenvalue weighted by atomic mass is 9.99. The van der Waals surface area contributed by atoms with E-state index in [0.717, 1.165) is 44.1 Å². The normalized spacial score (nSPS) is 15.5. The van der Waals surface area contributed by atoms with Crippen molar-refractivity contribution in [3.8, 4) is 0 Å². The summed E-state index contributed by atoms with van der Waals surface area (Å²) in [7, 11) is 0. The molecule has 0 aromatic heterocycles. The highest BCUT2D eigenvalue weighted by atomic mass is 16.6. The molecule has 2 rings (SSSR count). The van der Waals surface area contributed by atoms with Crippen LogP contribution in [0.4, 0.5) is 17.1 Å². The number of nitrogen functional groups attached to an aromatic ring is 1. The predicted octanol–water partition coefficient (Wildman–Crippen LogP) is 4.16. The lowest BCUT2D eigenvalue weighted by molar-refractivity contribution is -0.384. The molecule has 1 fully saturated rings. The lowest BCUT2D eigenvalue weighted by Crippen LogP contribution is -2.37. The van der Waals surface area contributed by atoms with E-state index >= 15 is 0 Å². The number of hydrogen-bond acceptors (Lipinski definition) is 6. The number of nitrogens with zero attached hydrogens (tertiary/aromatic N) is 1. The van der Waals surface area contributed by atoms with Gasteiger partial charge < -0.3 is 22.1 Å². The van der Waals surface area contributed by atoms with Gasteiger partial charge in [0.2, 0.25) is 5.91 Å². The van der Waals surface area contributed by atoms with E-state index in [1.54, 1.807) is 6.07 Å². The van der Waals surface area contributed by atoms with Crippen LogP contribution in [0.5, 0.6) is 0 Å². The maximum absolute atomic E-state index is 10.5. The van der Waals surface area contributed by atoms with Crippen molar-refractivity contribution < 1.29 is 9.72 Å². The highest BCUT2D eigenvalue weighted by molar-refractivity contribution is 5.76. The van der Waals surface area contributed by atoms with Crippen LogP contribution in [-0.4, -0.2) is 30.5 Å². The van der Waals surface area contributed by atoms with Gasteiger partial charge in [-0.05, 0) is 37.3 Å². The Morgan fingerprint density at radius 3 is 2.30 bits per heavy atom. The van der Waals surface area contributed by atoms with Crippen molar-refractivity contribution in [2.24, 2.45) is 23.5 Å². The van der Waals surface area contributed by atoms with Crippen LogP contribution in [-0.2, 0) is 4.79 Å². The minimum Gasteiger partial charge on any atom is -0.397 e. The van der Waals surface area contributed by atoms with Crippen molar-refractivity contribution in [2.45, 2.75) is 60.3 Å². The maximum Gasteiger partial charge on any atom is 0.271 e. The molecule has 172 valence electrons. The van der Waals surface area contributed by atoms with Crippen LogP contribution >= 0.6 is 0 Å². The minimum absolute atomic E-state index is 0.0163. The van der Waals surface area contributed by atoms with E-state index in [0.29, 0.717) is 11.6 Å². The summed E-state index contributed by atoms with van der Waals surface area (Å²) in [6, 6.07) is 4.44. The van der Waals surface area contributed by atoms with E-state index in [9.17, 15) is 14.9 Å². The molecule has 1 aromatic rings. The zero-order valence-electron chi connectivity index (χ0n) is 19.2. The molecule has 0 bridgehead atoms. The van der Waals surface area contributed by atoms with Gasteiger partial charge in [0.1, 0.15) is 0 Å². The van der Waals surface area contributed by atoms with Crippen molar-refractivity contribution in [1.29, 1.82) is 0 Å². The molecule has 0 radical (unpaired) electrons. The molecule has 0 saturated carbocycles. The van der Waals surface area contributed by atoms with E-state index in [1.807, 2.05) is 0 Å². The van der Waals surface area contributed by atoms with Crippen molar-refractivity contribution in [1.82, 2.24) is 5.32 Å². The third-order valence-corrected chi connectivity index (χ3v) is 4.51. The molecular weight excluding hydrogens is 382 g/mol. The second-order valence-corrected chi connectivity index (χ2v) is 8.43.